The van der Waals surface area contributed by atoms with Crippen LogP contribution in [0.2, 0.25) is 0 Å². The molecule has 0 aliphatic carbocycles. The van der Waals surface area contributed by atoms with Crippen molar-refractivity contribution < 1.29 is 0 Å². The third-order valence-corrected chi connectivity index (χ3v) is 11.9. The van der Waals surface area contributed by atoms with Crippen LogP contribution in [0.15, 0.2) is 182 Å². The average Bonchev–Trinajstić information content (AvgIpc) is 3.81. The van der Waals surface area contributed by atoms with Gasteiger partial charge in [0.2, 0.25) is 0 Å². The van der Waals surface area contributed by atoms with Crippen LogP contribution in [0, 0.1) is 0 Å². The van der Waals surface area contributed by atoms with Gasteiger partial charge in [0.25, 0.3) is 0 Å². The summed E-state index contributed by atoms with van der Waals surface area (Å²) in [6, 6.07) is 65.6. The third kappa shape index (κ3) is 5.20. The van der Waals surface area contributed by atoms with E-state index in [0.717, 1.165) is 33.1 Å². The van der Waals surface area contributed by atoms with Crippen molar-refractivity contribution in [2.75, 3.05) is 4.90 Å². The number of rotatable bonds is 6. The smallest absolute Gasteiger partial charge is 0.124 e. The Morgan fingerprint density at radius 1 is 0.431 bits per heavy atom. The maximum atomic E-state index is 5.04. The van der Waals surface area contributed by atoms with E-state index in [4.69, 9.17) is 4.98 Å². The predicted octanol–water partition coefficient (Wildman–Crippen LogP) is 14.3. The van der Waals surface area contributed by atoms with E-state index >= 15 is 0 Å². The van der Waals surface area contributed by atoms with Crippen LogP contribution in [0.3, 0.4) is 0 Å². The second kappa shape index (κ2) is 12.4. The van der Waals surface area contributed by atoms with E-state index < -0.39 is 0 Å². The standard InChI is InChI=1S/C47H30N2S2/c1-4-13-32(14-5-1)40-29-34(38-22-12-18-31-15-10-11-21-37(31)38)23-27-42(40)49(35-19-8-3-9-20-35)36-24-25-39-44(30-36)50-43-28-26-41-46(45(39)43)51-47(48-41)33-16-6-2-7-17-33/h1-30H. The zero-order chi connectivity index (χ0) is 33.7. The lowest BCUT2D eigenvalue weighted by Gasteiger charge is -2.28. The van der Waals surface area contributed by atoms with Crippen LogP contribution >= 0.6 is 22.7 Å². The Morgan fingerprint density at radius 3 is 1.98 bits per heavy atom. The van der Waals surface area contributed by atoms with Crippen LogP contribution in [-0.4, -0.2) is 4.98 Å². The van der Waals surface area contributed by atoms with Crippen LogP contribution in [-0.2, 0) is 0 Å². The van der Waals surface area contributed by atoms with Crippen LogP contribution in [0.5, 0.6) is 0 Å². The Kier molecular flexibility index (Phi) is 7.23. The van der Waals surface area contributed by atoms with E-state index in [1.54, 1.807) is 11.3 Å². The summed E-state index contributed by atoms with van der Waals surface area (Å²) in [5, 5.41) is 6.14. The lowest BCUT2D eigenvalue weighted by molar-refractivity contribution is 1.29. The summed E-state index contributed by atoms with van der Waals surface area (Å²) in [5.74, 6) is 0. The SMILES string of the molecule is c1ccc(-c2nc3ccc4sc5cc(N(c6ccccc6)c6ccc(-c7cccc8ccccc78)cc6-c6ccccc6)ccc5c4c3s2)cc1. The van der Waals surface area contributed by atoms with Crippen molar-refractivity contribution in [1.82, 2.24) is 4.98 Å². The van der Waals surface area contributed by atoms with E-state index in [9.17, 15) is 0 Å². The Bertz CT molecular complexity index is 2850. The van der Waals surface area contributed by atoms with Gasteiger partial charge in [-0.2, -0.15) is 0 Å². The number of hydrogen-bond donors (Lipinski definition) is 0. The highest BCUT2D eigenvalue weighted by atomic mass is 32.1. The zero-order valence-electron chi connectivity index (χ0n) is 27.5. The van der Waals surface area contributed by atoms with Gasteiger partial charge in [0.05, 0.1) is 15.9 Å². The monoisotopic (exact) mass is 686 g/mol. The Hall–Kier alpha value is -6.07. The highest BCUT2D eigenvalue weighted by Gasteiger charge is 2.21. The summed E-state index contributed by atoms with van der Waals surface area (Å²) in [7, 11) is 0. The first kappa shape index (κ1) is 29.8. The molecule has 0 unspecified atom stereocenters. The zero-order valence-corrected chi connectivity index (χ0v) is 29.2. The van der Waals surface area contributed by atoms with Gasteiger partial charge in [0.1, 0.15) is 5.01 Å². The fraction of sp³-hybridized carbons (Fsp3) is 0. The van der Waals surface area contributed by atoms with E-state index in [2.05, 4.69) is 187 Å². The van der Waals surface area contributed by atoms with Crippen LogP contribution in [0.25, 0.3) is 74.0 Å². The average molecular weight is 687 g/mol. The molecule has 0 bridgehead atoms. The molecule has 10 rings (SSSR count). The summed E-state index contributed by atoms with van der Waals surface area (Å²) in [5.41, 5.74) is 10.4. The Balaban J connectivity index is 1.17. The van der Waals surface area contributed by atoms with Crippen LogP contribution in [0.1, 0.15) is 0 Å². The number of thiophene rings is 1. The van der Waals surface area contributed by atoms with Gasteiger partial charge in [0, 0.05) is 42.7 Å². The van der Waals surface area contributed by atoms with Gasteiger partial charge in [-0.15, -0.1) is 22.7 Å². The molecular formula is C47H30N2S2. The molecule has 2 heterocycles. The van der Waals surface area contributed by atoms with Crippen molar-refractivity contribution in [3.8, 4) is 32.8 Å². The number of nitrogens with zero attached hydrogens (tertiary/aromatic N) is 2. The van der Waals surface area contributed by atoms with Crippen molar-refractivity contribution in [2.45, 2.75) is 0 Å². The molecule has 240 valence electrons. The Morgan fingerprint density at radius 2 is 1.16 bits per heavy atom. The van der Waals surface area contributed by atoms with Crippen molar-refractivity contribution in [3.05, 3.63) is 182 Å². The topological polar surface area (TPSA) is 16.1 Å². The van der Waals surface area contributed by atoms with Crippen LogP contribution < -0.4 is 4.90 Å². The second-order valence-electron chi connectivity index (χ2n) is 12.8. The fourth-order valence-corrected chi connectivity index (χ4v) is 9.65. The molecule has 0 saturated carbocycles. The third-order valence-electron chi connectivity index (χ3n) is 9.69. The van der Waals surface area contributed by atoms with Gasteiger partial charge < -0.3 is 4.90 Å². The van der Waals surface area contributed by atoms with Gasteiger partial charge in [-0.05, 0) is 76.0 Å². The molecule has 8 aromatic carbocycles. The molecule has 0 fully saturated rings. The summed E-state index contributed by atoms with van der Waals surface area (Å²) in [6.07, 6.45) is 0. The number of hydrogen-bond acceptors (Lipinski definition) is 4. The highest BCUT2D eigenvalue weighted by Crippen LogP contribution is 2.47. The van der Waals surface area contributed by atoms with E-state index in [1.165, 1.54) is 57.9 Å². The van der Waals surface area contributed by atoms with Gasteiger partial charge in [-0.25, -0.2) is 4.98 Å². The maximum absolute atomic E-state index is 5.04. The lowest BCUT2D eigenvalue weighted by Crippen LogP contribution is -2.11. The molecule has 0 amide bonds. The van der Waals surface area contributed by atoms with Crippen molar-refractivity contribution >= 4 is 80.9 Å². The van der Waals surface area contributed by atoms with Gasteiger partial charge in [0.15, 0.2) is 0 Å². The molecule has 2 nitrogen and oxygen atoms in total. The molecule has 0 N–H and O–H groups in total. The number of para-hydroxylation sites is 1. The minimum Gasteiger partial charge on any atom is -0.310 e. The number of benzene rings is 8. The normalized spacial score (nSPS) is 11.5. The number of anilines is 3. The fourth-order valence-electron chi connectivity index (χ4n) is 7.31. The number of aromatic nitrogens is 1. The van der Waals surface area contributed by atoms with Crippen molar-refractivity contribution in [2.24, 2.45) is 0 Å². The molecule has 0 atom stereocenters. The summed E-state index contributed by atoms with van der Waals surface area (Å²) < 4.78 is 3.80. The lowest BCUT2D eigenvalue weighted by atomic mass is 9.93. The predicted molar refractivity (Wildman–Crippen MR) is 221 cm³/mol. The summed E-state index contributed by atoms with van der Waals surface area (Å²) >= 11 is 3.65. The largest absolute Gasteiger partial charge is 0.310 e. The molecule has 0 saturated heterocycles. The molecule has 0 spiro atoms. The molecule has 0 radical (unpaired) electrons. The van der Waals surface area contributed by atoms with E-state index in [0.29, 0.717) is 0 Å². The van der Waals surface area contributed by atoms with E-state index in [1.807, 2.05) is 11.3 Å². The molecule has 51 heavy (non-hydrogen) atoms. The van der Waals surface area contributed by atoms with Gasteiger partial charge in [-0.1, -0.05) is 133 Å². The minimum absolute atomic E-state index is 1.06. The van der Waals surface area contributed by atoms with Crippen LogP contribution in [0.4, 0.5) is 17.1 Å². The molecular weight excluding hydrogens is 657 g/mol. The molecule has 2 aromatic heterocycles. The minimum atomic E-state index is 1.06. The summed E-state index contributed by atoms with van der Waals surface area (Å²) in [6.45, 7) is 0. The molecule has 0 aliphatic rings. The molecule has 4 heteroatoms. The highest BCUT2D eigenvalue weighted by molar-refractivity contribution is 7.28. The van der Waals surface area contributed by atoms with Gasteiger partial charge >= 0.3 is 0 Å². The Labute approximate surface area is 304 Å². The first-order valence-electron chi connectivity index (χ1n) is 17.1. The quantitative estimate of drug-likeness (QED) is 0.173. The molecule has 0 aliphatic heterocycles. The molecule has 10 aromatic rings. The first-order chi connectivity index (χ1) is 25.3. The first-order valence-corrected chi connectivity index (χ1v) is 18.8. The summed E-state index contributed by atoms with van der Waals surface area (Å²) in [4.78, 5) is 7.46. The van der Waals surface area contributed by atoms with E-state index in [-0.39, 0.29) is 0 Å². The number of fused-ring (bicyclic) bond motifs is 6. The van der Waals surface area contributed by atoms with Crippen molar-refractivity contribution in [3.63, 3.8) is 0 Å². The maximum Gasteiger partial charge on any atom is 0.124 e. The van der Waals surface area contributed by atoms with Crippen molar-refractivity contribution in [1.29, 1.82) is 0 Å². The number of thiazole rings is 1. The van der Waals surface area contributed by atoms with Gasteiger partial charge in [-0.3, -0.25) is 0 Å². The second-order valence-corrected chi connectivity index (χ2v) is 14.8.